The first-order valence-corrected chi connectivity index (χ1v) is 5.63. The average Bonchev–Trinajstić information content (AvgIpc) is 2.86. The standard InChI is InChI=1S/C10H17N5O2/c1-7-14-15-9(17-7)13-8(16)5-12-10(2)3-4-11-6-10/h11-12H,3-6H2,1-2H3,(H,13,15,16). The van der Waals surface area contributed by atoms with E-state index < -0.39 is 0 Å². The summed E-state index contributed by atoms with van der Waals surface area (Å²) in [5.74, 6) is 0.252. The summed E-state index contributed by atoms with van der Waals surface area (Å²) in [6.45, 7) is 5.86. The number of nitrogens with one attached hydrogen (secondary N) is 3. The molecule has 1 aromatic heterocycles. The summed E-state index contributed by atoms with van der Waals surface area (Å²) >= 11 is 0. The number of hydrogen-bond donors (Lipinski definition) is 3. The van der Waals surface area contributed by atoms with Gasteiger partial charge in [0.2, 0.25) is 11.8 Å². The molecule has 7 heteroatoms. The first-order chi connectivity index (χ1) is 8.07. The number of hydrogen-bond acceptors (Lipinski definition) is 6. The first kappa shape index (κ1) is 12.0. The number of nitrogens with zero attached hydrogens (tertiary/aromatic N) is 2. The van der Waals surface area contributed by atoms with Gasteiger partial charge in [-0.25, -0.2) is 0 Å². The number of aryl methyl sites for hydroxylation is 1. The number of anilines is 1. The summed E-state index contributed by atoms with van der Waals surface area (Å²) in [5, 5.41) is 16.3. The first-order valence-electron chi connectivity index (χ1n) is 5.63. The second kappa shape index (κ2) is 4.80. The van der Waals surface area contributed by atoms with E-state index >= 15 is 0 Å². The predicted octanol–water partition coefficient (Wildman–Crippen LogP) is -0.342. The average molecular weight is 239 g/mol. The molecule has 1 saturated heterocycles. The maximum absolute atomic E-state index is 11.6. The molecule has 1 amide bonds. The molecule has 1 aliphatic heterocycles. The van der Waals surface area contributed by atoms with Crippen molar-refractivity contribution in [1.29, 1.82) is 0 Å². The van der Waals surface area contributed by atoms with Crippen LogP contribution in [-0.4, -0.2) is 41.3 Å². The van der Waals surface area contributed by atoms with Crippen LogP contribution in [0.1, 0.15) is 19.2 Å². The molecule has 7 nitrogen and oxygen atoms in total. The molecule has 2 rings (SSSR count). The van der Waals surface area contributed by atoms with Crippen molar-refractivity contribution < 1.29 is 9.21 Å². The lowest BCUT2D eigenvalue weighted by Gasteiger charge is -2.23. The Kier molecular flexibility index (Phi) is 3.39. The monoisotopic (exact) mass is 239 g/mol. The number of amides is 1. The fourth-order valence-electron chi connectivity index (χ4n) is 1.77. The highest BCUT2D eigenvalue weighted by Crippen LogP contribution is 2.12. The molecule has 1 aromatic rings. The topological polar surface area (TPSA) is 92.1 Å². The minimum absolute atomic E-state index is 0.0118. The van der Waals surface area contributed by atoms with E-state index in [2.05, 4.69) is 33.1 Å². The molecule has 0 saturated carbocycles. The molecule has 1 unspecified atom stereocenters. The summed E-state index contributed by atoms with van der Waals surface area (Å²) in [6, 6.07) is 0.143. The molecule has 0 radical (unpaired) electrons. The van der Waals surface area contributed by atoms with Gasteiger partial charge in [-0.05, 0) is 19.9 Å². The molecule has 0 bridgehead atoms. The van der Waals surface area contributed by atoms with E-state index in [1.165, 1.54) is 0 Å². The van der Waals surface area contributed by atoms with Gasteiger partial charge in [-0.1, -0.05) is 5.10 Å². The molecule has 2 heterocycles. The summed E-state index contributed by atoms with van der Waals surface area (Å²) in [5.41, 5.74) is -0.0118. The number of rotatable bonds is 4. The van der Waals surface area contributed by atoms with Crippen molar-refractivity contribution in [3.8, 4) is 0 Å². The summed E-state index contributed by atoms with van der Waals surface area (Å²) in [7, 11) is 0. The van der Waals surface area contributed by atoms with Crippen molar-refractivity contribution >= 4 is 11.9 Å². The molecule has 0 aliphatic carbocycles. The van der Waals surface area contributed by atoms with Crippen molar-refractivity contribution in [3.63, 3.8) is 0 Å². The van der Waals surface area contributed by atoms with Gasteiger partial charge in [-0.2, -0.15) is 0 Å². The zero-order valence-corrected chi connectivity index (χ0v) is 10.0. The molecular formula is C10H17N5O2. The molecular weight excluding hydrogens is 222 g/mol. The van der Waals surface area contributed by atoms with Gasteiger partial charge in [-0.3, -0.25) is 10.1 Å². The van der Waals surface area contributed by atoms with E-state index in [-0.39, 0.29) is 24.0 Å². The van der Waals surface area contributed by atoms with Crippen LogP contribution in [0.3, 0.4) is 0 Å². The highest BCUT2D eigenvalue weighted by atomic mass is 16.4. The van der Waals surface area contributed by atoms with Crippen LogP contribution in [0.15, 0.2) is 4.42 Å². The molecule has 3 N–H and O–H groups in total. The Hall–Kier alpha value is -1.47. The van der Waals surface area contributed by atoms with Crippen molar-refractivity contribution in [3.05, 3.63) is 5.89 Å². The van der Waals surface area contributed by atoms with Crippen molar-refractivity contribution in [2.24, 2.45) is 0 Å². The third kappa shape index (κ3) is 3.24. The van der Waals surface area contributed by atoms with Crippen LogP contribution in [0.2, 0.25) is 0 Å². The third-order valence-corrected chi connectivity index (χ3v) is 2.82. The van der Waals surface area contributed by atoms with E-state index in [4.69, 9.17) is 4.42 Å². The lowest BCUT2D eigenvalue weighted by Crippen LogP contribution is -2.47. The Morgan fingerprint density at radius 2 is 2.41 bits per heavy atom. The Bertz CT molecular complexity index is 397. The summed E-state index contributed by atoms with van der Waals surface area (Å²) in [6.07, 6.45) is 1.01. The van der Waals surface area contributed by atoms with Gasteiger partial charge < -0.3 is 15.1 Å². The summed E-state index contributed by atoms with van der Waals surface area (Å²) in [4.78, 5) is 11.6. The minimum atomic E-state index is -0.179. The van der Waals surface area contributed by atoms with Gasteiger partial charge in [0.05, 0.1) is 6.54 Å². The highest BCUT2D eigenvalue weighted by Gasteiger charge is 2.28. The van der Waals surface area contributed by atoms with Crippen LogP contribution >= 0.6 is 0 Å². The molecule has 0 spiro atoms. The van der Waals surface area contributed by atoms with E-state index in [9.17, 15) is 4.79 Å². The van der Waals surface area contributed by atoms with Crippen molar-refractivity contribution in [2.75, 3.05) is 25.0 Å². The van der Waals surface area contributed by atoms with Gasteiger partial charge in [0.25, 0.3) is 0 Å². The fraction of sp³-hybridized carbons (Fsp3) is 0.700. The molecule has 1 aliphatic rings. The van der Waals surface area contributed by atoms with Crippen LogP contribution in [0.25, 0.3) is 0 Å². The van der Waals surface area contributed by atoms with E-state index in [0.29, 0.717) is 5.89 Å². The molecule has 1 atom stereocenters. The maximum Gasteiger partial charge on any atom is 0.322 e. The van der Waals surface area contributed by atoms with E-state index in [0.717, 1.165) is 19.5 Å². The Morgan fingerprint density at radius 1 is 1.59 bits per heavy atom. The summed E-state index contributed by atoms with van der Waals surface area (Å²) < 4.78 is 5.06. The van der Waals surface area contributed by atoms with Gasteiger partial charge in [-0.15, -0.1) is 5.10 Å². The zero-order chi connectivity index (χ0) is 12.3. The molecule has 94 valence electrons. The van der Waals surface area contributed by atoms with E-state index in [1.54, 1.807) is 6.92 Å². The predicted molar refractivity (Wildman–Crippen MR) is 61.6 cm³/mol. The lowest BCUT2D eigenvalue weighted by atomic mass is 10.0. The van der Waals surface area contributed by atoms with Crippen molar-refractivity contribution in [1.82, 2.24) is 20.8 Å². The minimum Gasteiger partial charge on any atom is -0.408 e. The van der Waals surface area contributed by atoms with Crippen LogP contribution in [0, 0.1) is 6.92 Å². The van der Waals surface area contributed by atoms with Gasteiger partial charge >= 0.3 is 6.01 Å². The largest absolute Gasteiger partial charge is 0.408 e. The Morgan fingerprint density at radius 3 is 3.00 bits per heavy atom. The van der Waals surface area contributed by atoms with Gasteiger partial charge in [0.15, 0.2) is 0 Å². The van der Waals surface area contributed by atoms with Gasteiger partial charge in [0.1, 0.15) is 0 Å². The SMILES string of the molecule is Cc1nnc(NC(=O)CNC2(C)CCNC2)o1. The normalized spacial score (nSPS) is 23.9. The quantitative estimate of drug-likeness (QED) is 0.665. The molecule has 1 fully saturated rings. The number of aromatic nitrogens is 2. The van der Waals surface area contributed by atoms with Crippen LogP contribution in [-0.2, 0) is 4.79 Å². The second-order valence-electron chi connectivity index (χ2n) is 4.52. The smallest absolute Gasteiger partial charge is 0.322 e. The number of carbonyl (C=O) groups is 1. The molecule has 17 heavy (non-hydrogen) atoms. The van der Waals surface area contributed by atoms with Crippen molar-refractivity contribution in [2.45, 2.75) is 25.8 Å². The fourth-order valence-corrected chi connectivity index (χ4v) is 1.77. The van der Waals surface area contributed by atoms with Crippen LogP contribution in [0.5, 0.6) is 0 Å². The Balaban J connectivity index is 1.77. The maximum atomic E-state index is 11.6. The van der Waals surface area contributed by atoms with Crippen LogP contribution < -0.4 is 16.0 Å². The van der Waals surface area contributed by atoms with E-state index in [1.807, 2.05) is 0 Å². The number of carbonyl (C=O) groups excluding carboxylic acids is 1. The van der Waals surface area contributed by atoms with Gasteiger partial charge in [0, 0.05) is 19.0 Å². The lowest BCUT2D eigenvalue weighted by molar-refractivity contribution is -0.115. The Labute approximate surface area is 99.4 Å². The second-order valence-corrected chi connectivity index (χ2v) is 4.52. The molecule has 0 aromatic carbocycles. The van der Waals surface area contributed by atoms with Crippen LogP contribution in [0.4, 0.5) is 6.01 Å². The third-order valence-electron chi connectivity index (χ3n) is 2.82. The highest BCUT2D eigenvalue weighted by molar-refractivity contribution is 5.90. The zero-order valence-electron chi connectivity index (χ0n) is 10.0.